The minimum Gasteiger partial charge on any atom is -0.480 e. The van der Waals surface area contributed by atoms with Crippen LogP contribution in [0, 0.1) is 0 Å². The van der Waals surface area contributed by atoms with Crippen LogP contribution < -0.4 is 5.73 Å². The number of nitrogens with two attached hydrogens (primary N) is 1. The molecule has 1 atom stereocenters. The Morgan fingerprint density at radius 3 is 2.40 bits per heavy atom. The summed E-state index contributed by atoms with van der Waals surface area (Å²) < 4.78 is 26.5. The first kappa shape index (κ1) is 11.6. The third kappa shape index (κ3) is 2.99. The van der Waals surface area contributed by atoms with Crippen molar-refractivity contribution in [3.8, 4) is 0 Å². The number of hydrogen-bond donors (Lipinski definition) is 2. The molecule has 0 aliphatic rings. The van der Waals surface area contributed by atoms with Gasteiger partial charge in [-0.2, -0.15) is 0 Å². The number of benzene rings is 1. The van der Waals surface area contributed by atoms with Gasteiger partial charge < -0.3 is 10.8 Å². The van der Waals surface area contributed by atoms with E-state index in [2.05, 4.69) is 0 Å². The minimum absolute atomic E-state index is 0.360. The van der Waals surface area contributed by atoms with E-state index in [1.54, 1.807) is 18.2 Å². The van der Waals surface area contributed by atoms with Crippen LogP contribution in [0.4, 0.5) is 8.78 Å². The SMILES string of the molecule is NC(C(=O)O)C(F)(F)Cc1ccccc1. The number of carboxylic acid groups (broad SMARTS) is 1. The van der Waals surface area contributed by atoms with Gasteiger partial charge in [-0.05, 0) is 5.56 Å². The van der Waals surface area contributed by atoms with Crippen molar-refractivity contribution in [2.24, 2.45) is 5.73 Å². The smallest absolute Gasteiger partial charge is 0.326 e. The number of carbonyl (C=O) groups is 1. The monoisotopic (exact) mass is 215 g/mol. The summed E-state index contributed by atoms with van der Waals surface area (Å²) in [5.74, 6) is -5.14. The van der Waals surface area contributed by atoms with Crippen molar-refractivity contribution in [1.82, 2.24) is 0 Å². The molecule has 1 aromatic carbocycles. The third-order valence-electron chi connectivity index (χ3n) is 2.00. The number of aliphatic carboxylic acids is 1. The Balaban J connectivity index is 2.76. The van der Waals surface area contributed by atoms with Gasteiger partial charge in [-0.3, -0.25) is 4.79 Å². The van der Waals surface area contributed by atoms with Crippen LogP contribution in [0.2, 0.25) is 0 Å². The van der Waals surface area contributed by atoms with Crippen LogP contribution >= 0.6 is 0 Å². The summed E-state index contributed by atoms with van der Waals surface area (Å²) in [6.07, 6.45) is -0.665. The first-order valence-corrected chi connectivity index (χ1v) is 4.33. The maximum atomic E-state index is 13.2. The quantitative estimate of drug-likeness (QED) is 0.795. The van der Waals surface area contributed by atoms with Gasteiger partial charge in [-0.15, -0.1) is 0 Å². The second-order valence-corrected chi connectivity index (χ2v) is 3.24. The van der Waals surface area contributed by atoms with Crippen LogP contribution in [0.5, 0.6) is 0 Å². The highest BCUT2D eigenvalue weighted by molar-refractivity contribution is 5.74. The summed E-state index contributed by atoms with van der Waals surface area (Å²) in [5, 5.41) is 8.39. The van der Waals surface area contributed by atoms with Gasteiger partial charge in [0.1, 0.15) is 0 Å². The molecule has 3 N–H and O–H groups in total. The molecule has 3 nitrogen and oxygen atoms in total. The molecule has 1 unspecified atom stereocenters. The van der Waals surface area contributed by atoms with E-state index in [-0.39, 0.29) is 0 Å². The van der Waals surface area contributed by atoms with Crippen molar-refractivity contribution >= 4 is 5.97 Å². The zero-order valence-corrected chi connectivity index (χ0v) is 7.86. The van der Waals surface area contributed by atoms with Gasteiger partial charge in [0.25, 0.3) is 5.92 Å². The highest BCUT2D eigenvalue weighted by atomic mass is 19.3. The van der Waals surface area contributed by atoms with Crippen molar-refractivity contribution < 1.29 is 18.7 Å². The Kier molecular flexibility index (Phi) is 3.36. The van der Waals surface area contributed by atoms with Crippen molar-refractivity contribution in [1.29, 1.82) is 0 Å². The fraction of sp³-hybridized carbons (Fsp3) is 0.300. The van der Waals surface area contributed by atoms with E-state index in [0.717, 1.165) is 0 Å². The average molecular weight is 215 g/mol. The van der Waals surface area contributed by atoms with Crippen LogP contribution in [0.15, 0.2) is 30.3 Å². The van der Waals surface area contributed by atoms with E-state index >= 15 is 0 Å². The van der Waals surface area contributed by atoms with Gasteiger partial charge in [0.05, 0.1) is 0 Å². The molecule has 0 amide bonds. The Morgan fingerprint density at radius 2 is 1.93 bits per heavy atom. The normalized spacial score (nSPS) is 13.5. The molecule has 0 aliphatic heterocycles. The lowest BCUT2D eigenvalue weighted by Crippen LogP contribution is -2.48. The largest absolute Gasteiger partial charge is 0.480 e. The summed E-state index contributed by atoms with van der Waals surface area (Å²) in [5.41, 5.74) is 5.25. The van der Waals surface area contributed by atoms with E-state index in [4.69, 9.17) is 10.8 Å². The molecule has 5 heteroatoms. The number of halogens is 2. The number of carboxylic acids is 1. The Hall–Kier alpha value is -1.49. The first-order valence-electron chi connectivity index (χ1n) is 4.33. The van der Waals surface area contributed by atoms with Crippen LogP contribution in [0.3, 0.4) is 0 Å². The van der Waals surface area contributed by atoms with Crippen LogP contribution in [0.1, 0.15) is 5.56 Å². The summed E-state index contributed by atoms with van der Waals surface area (Å²) in [6, 6.07) is 5.75. The zero-order valence-electron chi connectivity index (χ0n) is 7.86. The molecule has 1 aromatic rings. The van der Waals surface area contributed by atoms with E-state index < -0.39 is 24.4 Å². The predicted molar refractivity (Wildman–Crippen MR) is 50.7 cm³/mol. The summed E-state index contributed by atoms with van der Waals surface area (Å²) in [4.78, 5) is 10.3. The van der Waals surface area contributed by atoms with Crippen molar-refractivity contribution in [3.05, 3.63) is 35.9 Å². The molecule has 0 saturated heterocycles. The minimum atomic E-state index is -3.44. The first-order chi connectivity index (χ1) is 6.93. The molecule has 0 radical (unpaired) electrons. The highest BCUT2D eigenvalue weighted by Gasteiger charge is 2.41. The Morgan fingerprint density at radius 1 is 1.40 bits per heavy atom. The second kappa shape index (κ2) is 4.35. The average Bonchev–Trinajstić information content (AvgIpc) is 2.17. The van der Waals surface area contributed by atoms with Crippen LogP contribution in [0.25, 0.3) is 0 Å². The molecule has 0 aromatic heterocycles. The number of hydrogen-bond acceptors (Lipinski definition) is 2. The van der Waals surface area contributed by atoms with Gasteiger partial charge in [-0.1, -0.05) is 30.3 Å². The van der Waals surface area contributed by atoms with Crippen molar-refractivity contribution in [3.63, 3.8) is 0 Å². The molecule has 0 spiro atoms. The van der Waals surface area contributed by atoms with E-state index in [1.807, 2.05) is 0 Å². The molecule has 0 aliphatic carbocycles. The van der Waals surface area contributed by atoms with Gasteiger partial charge in [0, 0.05) is 6.42 Å². The lowest BCUT2D eigenvalue weighted by molar-refractivity contribution is -0.148. The number of rotatable bonds is 4. The second-order valence-electron chi connectivity index (χ2n) is 3.24. The van der Waals surface area contributed by atoms with E-state index in [1.165, 1.54) is 12.1 Å². The van der Waals surface area contributed by atoms with Crippen molar-refractivity contribution in [2.75, 3.05) is 0 Å². The van der Waals surface area contributed by atoms with Gasteiger partial charge in [0.2, 0.25) is 0 Å². The fourth-order valence-electron chi connectivity index (χ4n) is 1.16. The van der Waals surface area contributed by atoms with Gasteiger partial charge in [0.15, 0.2) is 6.04 Å². The van der Waals surface area contributed by atoms with Crippen LogP contribution in [-0.4, -0.2) is 23.0 Å². The predicted octanol–water partition coefficient (Wildman–Crippen LogP) is 1.28. The van der Waals surface area contributed by atoms with E-state index in [9.17, 15) is 13.6 Å². The molecule has 15 heavy (non-hydrogen) atoms. The zero-order chi connectivity index (χ0) is 11.5. The van der Waals surface area contributed by atoms with Crippen LogP contribution in [-0.2, 0) is 11.2 Å². The highest BCUT2D eigenvalue weighted by Crippen LogP contribution is 2.23. The maximum Gasteiger partial charge on any atom is 0.326 e. The third-order valence-corrected chi connectivity index (χ3v) is 2.00. The van der Waals surface area contributed by atoms with Crippen molar-refractivity contribution in [2.45, 2.75) is 18.4 Å². The molecular formula is C10H11F2NO2. The Bertz CT molecular complexity index is 341. The lowest BCUT2D eigenvalue weighted by atomic mass is 10.0. The maximum absolute atomic E-state index is 13.2. The summed E-state index contributed by atoms with van der Waals surface area (Å²) in [6.45, 7) is 0. The Labute approximate surface area is 85.5 Å². The molecule has 1 rings (SSSR count). The summed E-state index contributed by atoms with van der Waals surface area (Å²) in [7, 11) is 0. The molecular weight excluding hydrogens is 204 g/mol. The molecule has 0 heterocycles. The van der Waals surface area contributed by atoms with Gasteiger partial charge in [-0.25, -0.2) is 8.78 Å². The molecule has 0 bridgehead atoms. The van der Waals surface area contributed by atoms with E-state index in [0.29, 0.717) is 5.56 Å². The fourth-order valence-corrected chi connectivity index (χ4v) is 1.16. The lowest BCUT2D eigenvalue weighted by Gasteiger charge is -2.20. The van der Waals surface area contributed by atoms with Gasteiger partial charge >= 0.3 is 5.97 Å². The summed E-state index contributed by atoms with van der Waals surface area (Å²) >= 11 is 0. The standard InChI is InChI=1S/C10H11F2NO2/c11-10(12,8(13)9(14)15)6-7-4-2-1-3-5-7/h1-5,8H,6,13H2,(H,14,15). The number of alkyl halides is 2. The topological polar surface area (TPSA) is 63.3 Å². The molecule has 0 fully saturated rings. The molecule has 0 saturated carbocycles. The molecule has 82 valence electrons.